The number of para-hydroxylation sites is 1. The number of hydrogen-bond acceptors (Lipinski definition) is 3. The van der Waals surface area contributed by atoms with E-state index in [9.17, 15) is 9.59 Å². The fourth-order valence-electron chi connectivity index (χ4n) is 3.66. The lowest BCUT2D eigenvalue weighted by Crippen LogP contribution is -2.59. The molecule has 1 aliphatic carbocycles. The van der Waals surface area contributed by atoms with Crippen LogP contribution in [-0.2, 0) is 0 Å². The van der Waals surface area contributed by atoms with Gasteiger partial charge < -0.3 is 15.5 Å². The van der Waals surface area contributed by atoms with Crippen molar-refractivity contribution in [1.82, 2.24) is 15.5 Å². The second-order valence-electron chi connectivity index (χ2n) is 6.34. The van der Waals surface area contributed by atoms with Gasteiger partial charge in [-0.3, -0.25) is 4.90 Å². The molecule has 0 radical (unpaired) electrons. The van der Waals surface area contributed by atoms with Crippen LogP contribution in [0.25, 0.3) is 0 Å². The van der Waals surface area contributed by atoms with E-state index in [1.165, 1.54) is 0 Å². The van der Waals surface area contributed by atoms with E-state index in [0.717, 1.165) is 31.4 Å². The minimum Gasteiger partial charge on any atom is -0.341 e. The molecule has 0 aliphatic heterocycles. The minimum absolute atomic E-state index is 0.130. The van der Waals surface area contributed by atoms with Gasteiger partial charge in [-0.15, -0.1) is 0 Å². The highest BCUT2D eigenvalue weighted by Gasteiger charge is 2.38. The van der Waals surface area contributed by atoms with E-state index in [0.29, 0.717) is 6.54 Å². The SMILES string of the molecule is CNC(=O)N(CCC#N)[C@H]1CCCC[C@@H]1N(C(=O)NC)c1ccccc1. The van der Waals surface area contributed by atoms with Gasteiger partial charge in [0.2, 0.25) is 0 Å². The standard InChI is InChI=1S/C19H27N5O2/c1-21-18(25)23(14-8-13-20)16-11-6-7-12-17(16)24(19(26)22-2)15-9-4-3-5-10-15/h3-5,9-10,16-17H,6-8,11-12,14H2,1-2H3,(H,21,25)(H,22,26)/t16-,17-/m0/s1. The number of carbonyl (C=O) groups excluding carboxylic acids is 2. The first kappa shape index (κ1) is 19.6. The third-order valence-corrected chi connectivity index (χ3v) is 4.83. The summed E-state index contributed by atoms with van der Waals surface area (Å²) in [5, 5.41) is 14.4. The Morgan fingerprint density at radius 2 is 1.69 bits per heavy atom. The molecular formula is C19H27N5O2. The molecule has 0 unspecified atom stereocenters. The van der Waals surface area contributed by atoms with Crippen molar-refractivity contribution in [3.63, 3.8) is 0 Å². The predicted molar refractivity (Wildman–Crippen MR) is 101 cm³/mol. The van der Waals surface area contributed by atoms with Crippen molar-refractivity contribution in [2.45, 2.75) is 44.2 Å². The minimum atomic E-state index is -0.206. The molecule has 2 rings (SSSR count). The Balaban J connectivity index is 2.38. The van der Waals surface area contributed by atoms with Crippen LogP contribution in [-0.4, -0.2) is 49.7 Å². The summed E-state index contributed by atoms with van der Waals surface area (Å²) in [5.74, 6) is 0. The number of nitriles is 1. The second-order valence-corrected chi connectivity index (χ2v) is 6.34. The van der Waals surface area contributed by atoms with Gasteiger partial charge in [0.25, 0.3) is 0 Å². The van der Waals surface area contributed by atoms with Crippen molar-refractivity contribution in [1.29, 1.82) is 5.26 Å². The normalized spacial score (nSPS) is 19.1. The zero-order valence-electron chi connectivity index (χ0n) is 15.4. The highest BCUT2D eigenvalue weighted by molar-refractivity contribution is 5.92. The summed E-state index contributed by atoms with van der Waals surface area (Å²) in [5.41, 5.74) is 0.806. The average molecular weight is 357 g/mol. The molecule has 7 heteroatoms. The quantitative estimate of drug-likeness (QED) is 0.849. The maximum Gasteiger partial charge on any atom is 0.321 e. The maximum atomic E-state index is 12.7. The van der Waals surface area contributed by atoms with E-state index in [2.05, 4.69) is 16.7 Å². The molecule has 1 aromatic carbocycles. The molecule has 4 amide bonds. The van der Waals surface area contributed by atoms with Gasteiger partial charge in [-0.25, -0.2) is 9.59 Å². The van der Waals surface area contributed by atoms with Crippen LogP contribution in [0.15, 0.2) is 30.3 Å². The summed E-state index contributed by atoms with van der Waals surface area (Å²) in [6.07, 6.45) is 3.89. The van der Waals surface area contributed by atoms with Gasteiger partial charge >= 0.3 is 12.1 Å². The van der Waals surface area contributed by atoms with Crippen LogP contribution in [0.5, 0.6) is 0 Å². The Bertz CT molecular complexity index is 643. The second kappa shape index (κ2) is 9.66. The predicted octanol–water partition coefficient (Wildman–Crippen LogP) is 2.70. The number of carbonyl (C=O) groups is 2. The Labute approximate surface area is 155 Å². The summed E-state index contributed by atoms with van der Waals surface area (Å²) in [6.45, 7) is 0.355. The number of benzene rings is 1. The highest BCUT2D eigenvalue weighted by atomic mass is 16.2. The van der Waals surface area contributed by atoms with E-state index in [1.807, 2.05) is 30.3 Å². The van der Waals surface area contributed by atoms with Gasteiger partial charge in [0.15, 0.2) is 0 Å². The summed E-state index contributed by atoms with van der Waals surface area (Å²) in [6, 6.07) is 11.0. The molecule has 2 atom stereocenters. The smallest absolute Gasteiger partial charge is 0.321 e. The lowest BCUT2D eigenvalue weighted by molar-refractivity contribution is 0.144. The number of nitrogens with one attached hydrogen (secondary N) is 2. The molecule has 1 aromatic rings. The largest absolute Gasteiger partial charge is 0.341 e. The van der Waals surface area contributed by atoms with Crippen LogP contribution in [0.3, 0.4) is 0 Å². The summed E-state index contributed by atoms with van der Waals surface area (Å²) in [4.78, 5) is 28.6. The molecular weight excluding hydrogens is 330 g/mol. The topological polar surface area (TPSA) is 88.5 Å². The molecule has 0 heterocycles. The number of rotatable bonds is 5. The maximum absolute atomic E-state index is 12.7. The summed E-state index contributed by atoms with van der Waals surface area (Å²) in [7, 11) is 3.20. The van der Waals surface area contributed by atoms with Gasteiger partial charge in [0.05, 0.1) is 24.6 Å². The fraction of sp³-hybridized carbons (Fsp3) is 0.526. The van der Waals surface area contributed by atoms with Crippen LogP contribution in [0.1, 0.15) is 32.1 Å². The number of amides is 4. The van der Waals surface area contributed by atoms with Crippen molar-refractivity contribution >= 4 is 17.7 Å². The average Bonchev–Trinajstić information content (AvgIpc) is 2.69. The molecule has 0 spiro atoms. The third-order valence-electron chi connectivity index (χ3n) is 4.83. The molecule has 1 aliphatic rings. The molecule has 0 aromatic heterocycles. The Kier molecular flexibility index (Phi) is 7.27. The van der Waals surface area contributed by atoms with Crippen LogP contribution in [0.2, 0.25) is 0 Å². The molecule has 26 heavy (non-hydrogen) atoms. The first-order chi connectivity index (χ1) is 12.6. The lowest BCUT2D eigenvalue weighted by Gasteiger charge is -2.44. The van der Waals surface area contributed by atoms with E-state index >= 15 is 0 Å². The van der Waals surface area contributed by atoms with Crippen molar-refractivity contribution in [2.75, 3.05) is 25.5 Å². The molecule has 1 saturated carbocycles. The Hall–Kier alpha value is -2.75. The van der Waals surface area contributed by atoms with Crippen LogP contribution < -0.4 is 15.5 Å². The molecule has 7 nitrogen and oxygen atoms in total. The van der Waals surface area contributed by atoms with E-state index < -0.39 is 0 Å². The number of anilines is 1. The monoisotopic (exact) mass is 357 g/mol. The third kappa shape index (κ3) is 4.45. The summed E-state index contributed by atoms with van der Waals surface area (Å²) >= 11 is 0. The van der Waals surface area contributed by atoms with E-state index in [1.54, 1.807) is 23.9 Å². The first-order valence-corrected chi connectivity index (χ1v) is 9.05. The zero-order valence-corrected chi connectivity index (χ0v) is 15.4. The molecule has 0 saturated heterocycles. The number of hydrogen-bond donors (Lipinski definition) is 2. The number of nitrogens with zero attached hydrogens (tertiary/aromatic N) is 3. The molecule has 2 N–H and O–H groups in total. The van der Waals surface area contributed by atoms with E-state index in [4.69, 9.17) is 5.26 Å². The van der Waals surface area contributed by atoms with Gasteiger partial charge in [-0.2, -0.15) is 5.26 Å². The van der Waals surface area contributed by atoms with Crippen molar-refractivity contribution in [3.05, 3.63) is 30.3 Å². The van der Waals surface area contributed by atoms with Crippen LogP contribution in [0.4, 0.5) is 15.3 Å². The first-order valence-electron chi connectivity index (χ1n) is 9.05. The summed E-state index contributed by atoms with van der Waals surface area (Å²) < 4.78 is 0. The molecule has 0 bridgehead atoms. The van der Waals surface area contributed by atoms with Crippen molar-refractivity contribution in [2.24, 2.45) is 0 Å². The Morgan fingerprint density at radius 1 is 1.08 bits per heavy atom. The van der Waals surface area contributed by atoms with Gasteiger partial charge in [0, 0.05) is 26.3 Å². The zero-order chi connectivity index (χ0) is 18.9. The van der Waals surface area contributed by atoms with E-state index in [-0.39, 0.29) is 30.6 Å². The van der Waals surface area contributed by atoms with Crippen molar-refractivity contribution in [3.8, 4) is 6.07 Å². The highest BCUT2D eigenvalue weighted by Crippen LogP contribution is 2.31. The van der Waals surface area contributed by atoms with Crippen molar-refractivity contribution < 1.29 is 9.59 Å². The lowest BCUT2D eigenvalue weighted by atomic mass is 9.87. The molecule has 140 valence electrons. The van der Waals surface area contributed by atoms with Crippen LogP contribution >= 0.6 is 0 Å². The molecule has 1 fully saturated rings. The van der Waals surface area contributed by atoms with Gasteiger partial charge in [0.1, 0.15) is 0 Å². The van der Waals surface area contributed by atoms with Gasteiger partial charge in [-0.1, -0.05) is 31.0 Å². The number of urea groups is 2. The Morgan fingerprint density at radius 3 is 2.27 bits per heavy atom. The van der Waals surface area contributed by atoms with Gasteiger partial charge in [-0.05, 0) is 25.0 Å². The fourth-order valence-corrected chi connectivity index (χ4v) is 3.66. The van der Waals surface area contributed by atoms with Crippen LogP contribution in [0, 0.1) is 11.3 Å².